The van der Waals surface area contributed by atoms with Gasteiger partial charge in [-0.05, 0) is 26.3 Å². The summed E-state index contributed by atoms with van der Waals surface area (Å²) in [6, 6.07) is 0.468. The summed E-state index contributed by atoms with van der Waals surface area (Å²) in [4.78, 5) is 0. The minimum Gasteiger partial charge on any atom is -0.383 e. The van der Waals surface area contributed by atoms with E-state index in [2.05, 4.69) is 12.2 Å². The number of ether oxygens (including phenoxy) is 2. The van der Waals surface area contributed by atoms with Crippen molar-refractivity contribution in [2.24, 2.45) is 0 Å². The van der Waals surface area contributed by atoms with Gasteiger partial charge in [0, 0.05) is 26.4 Å². The van der Waals surface area contributed by atoms with Gasteiger partial charge in [-0.25, -0.2) is 0 Å². The molecule has 0 aromatic carbocycles. The Morgan fingerprint density at radius 2 is 2.08 bits per heavy atom. The van der Waals surface area contributed by atoms with Crippen LogP contribution in [0.3, 0.4) is 0 Å². The molecule has 1 unspecified atom stereocenters. The van der Waals surface area contributed by atoms with E-state index in [1.165, 1.54) is 0 Å². The van der Waals surface area contributed by atoms with Crippen LogP contribution in [0.5, 0.6) is 0 Å². The van der Waals surface area contributed by atoms with Crippen LogP contribution in [0.4, 0.5) is 0 Å². The first-order valence-electron chi connectivity index (χ1n) is 5.09. The average molecular weight is 189 g/mol. The van der Waals surface area contributed by atoms with Gasteiger partial charge in [-0.15, -0.1) is 0 Å². The lowest BCUT2D eigenvalue weighted by Crippen LogP contribution is -2.30. The Labute approximate surface area is 81.8 Å². The van der Waals surface area contributed by atoms with Gasteiger partial charge in [0.25, 0.3) is 0 Å². The molecule has 0 aliphatic heterocycles. The van der Waals surface area contributed by atoms with Crippen LogP contribution in [0, 0.1) is 0 Å². The Balaban J connectivity index is 3.17. The summed E-state index contributed by atoms with van der Waals surface area (Å²) in [5.74, 6) is 0. The predicted octanol–water partition coefficient (Wildman–Crippen LogP) is 1.43. The molecule has 1 atom stereocenters. The van der Waals surface area contributed by atoms with E-state index in [4.69, 9.17) is 9.47 Å². The van der Waals surface area contributed by atoms with Gasteiger partial charge in [0.15, 0.2) is 0 Å². The van der Waals surface area contributed by atoms with E-state index in [0.717, 1.165) is 39.1 Å². The molecular weight excluding hydrogens is 166 g/mol. The molecular formula is C10H23NO2. The molecule has 3 nitrogen and oxygen atoms in total. The molecule has 0 heterocycles. The van der Waals surface area contributed by atoms with Crippen LogP contribution in [-0.2, 0) is 9.47 Å². The molecule has 0 aliphatic carbocycles. The highest BCUT2D eigenvalue weighted by atomic mass is 16.5. The van der Waals surface area contributed by atoms with Crippen LogP contribution in [0.15, 0.2) is 0 Å². The van der Waals surface area contributed by atoms with E-state index in [1.54, 1.807) is 7.11 Å². The van der Waals surface area contributed by atoms with E-state index in [1.807, 2.05) is 7.05 Å². The topological polar surface area (TPSA) is 30.5 Å². The van der Waals surface area contributed by atoms with Crippen molar-refractivity contribution in [1.82, 2.24) is 5.32 Å². The molecule has 0 saturated heterocycles. The molecule has 0 aliphatic rings. The minimum atomic E-state index is 0.468. The highest BCUT2D eigenvalue weighted by Gasteiger charge is 2.03. The number of nitrogens with one attached hydrogen (secondary N) is 1. The van der Waals surface area contributed by atoms with Crippen molar-refractivity contribution in [3.8, 4) is 0 Å². The molecule has 13 heavy (non-hydrogen) atoms. The van der Waals surface area contributed by atoms with Crippen LogP contribution >= 0.6 is 0 Å². The van der Waals surface area contributed by atoms with Crippen LogP contribution in [-0.4, -0.2) is 40.0 Å². The van der Waals surface area contributed by atoms with Crippen LogP contribution < -0.4 is 5.32 Å². The molecule has 0 radical (unpaired) electrons. The summed E-state index contributed by atoms with van der Waals surface area (Å²) < 4.78 is 10.5. The second-order valence-corrected chi connectivity index (χ2v) is 3.20. The first kappa shape index (κ1) is 12.9. The monoisotopic (exact) mass is 189 g/mol. The van der Waals surface area contributed by atoms with Crippen molar-refractivity contribution in [2.45, 2.75) is 32.2 Å². The number of hydrogen-bond acceptors (Lipinski definition) is 3. The van der Waals surface area contributed by atoms with Gasteiger partial charge in [0.05, 0.1) is 6.61 Å². The first-order chi connectivity index (χ1) is 6.35. The van der Waals surface area contributed by atoms with Gasteiger partial charge in [-0.1, -0.05) is 6.92 Å². The maximum Gasteiger partial charge on any atom is 0.0615 e. The Morgan fingerprint density at radius 3 is 2.62 bits per heavy atom. The Morgan fingerprint density at radius 1 is 1.31 bits per heavy atom. The van der Waals surface area contributed by atoms with Crippen molar-refractivity contribution in [1.29, 1.82) is 0 Å². The largest absolute Gasteiger partial charge is 0.383 e. The van der Waals surface area contributed by atoms with Crippen LogP contribution in [0.1, 0.15) is 26.2 Å². The van der Waals surface area contributed by atoms with Crippen molar-refractivity contribution >= 4 is 0 Å². The highest BCUT2D eigenvalue weighted by molar-refractivity contribution is 4.62. The van der Waals surface area contributed by atoms with Gasteiger partial charge in [-0.3, -0.25) is 0 Å². The summed E-state index contributed by atoms with van der Waals surface area (Å²) in [5, 5.41) is 3.21. The molecule has 0 spiro atoms. The van der Waals surface area contributed by atoms with Gasteiger partial charge in [0.1, 0.15) is 0 Å². The maximum atomic E-state index is 5.39. The van der Waals surface area contributed by atoms with Gasteiger partial charge in [-0.2, -0.15) is 0 Å². The summed E-state index contributed by atoms with van der Waals surface area (Å²) in [5.41, 5.74) is 0. The number of methoxy groups -OCH3 is 1. The van der Waals surface area contributed by atoms with Crippen LogP contribution in [0.2, 0.25) is 0 Å². The second kappa shape index (κ2) is 9.96. The smallest absolute Gasteiger partial charge is 0.0615 e. The van der Waals surface area contributed by atoms with E-state index < -0.39 is 0 Å². The van der Waals surface area contributed by atoms with Gasteiger partial charge < -0.3 is 14.8 Å². The molecule has 0 saturated carbocycles. The lowest BCUT2D eigenvalue weighted by Gasteiger charge is -2.14. The number of hydrogen-bond donors (Lipinski definition) is 1. The molecule has 1 N–H and O–H groups in total. The van der Waals surface area contributed by atoms with Crippen molar-refractivity contribution in [2.75, 3.05) is 34.0 Å². The first-order valence-corrected chi connectivity index (χ1v) is 5.09. The van der Waals surface area contributed by atoms with E-state index in [9.17, 15) is 0 Å². The molecule has 0 rings (SSSR count). The minimum absolute atomic E-state index is 0.468. The molecule has 0 aromatic heterocycles. The fraction of sp³-hybridized carbons (Fsp3) is 1.00. The zero-order valence-corrected chi connectivity index (χ0v) is 9.14. The molecule has 3 heteroatoms. The Kier molecular flexibility index (Phi) is 9.87. The normalized spacial score (nSPS) is 13.2. The molecule has 80 valence electrons. The zero-order valence-electron chi connectivity index (χ0n) is 9.14. The Bertz CT molecular complexity index is 98.9. The molecule has 0 amide bonds. The van der Waals surface area contributed by atoms with Crippen molar-refractivity contribution < 1.29 is 9.47 Å². The third kappa shape index (κ3) is 8.22. The third-order valence-corrected chi connectivity index (χ3v) is 1.97. The van der Waals surface area contributed by atoms with E-state index >= 15 is 0 Å². The predicted molar refractivity (Wildman–Crippen MR) is 55.1 cm³/mol. The molecule has 0 bridgehead atoms. The van der Waals surface area contributed by atoms with Crippen molar-refractivity contribution in [3.05, 3.63) is 0 Å². The summed E-state index contributed by atoms with van der Waals surface area (Å²) in [6.45, 7) is 4.66. The average Bonchev–Trinajstić information content (AvgIpc) is 2.16. The summed E-state index contributed by atoms with van der Waals surface area (Å²) >= 11 is 0. The van der Waals surface area contributed by atoms with Crippen molar-refractivity contribution in [3.63, 3.8) is 0 Å². The van der Waals surface area contributed by atoms with Gasteiger partial charge in [0.2, 0.25) is 0 Å². The highest BCUT2D eigenvalue weighted by Crippen LogP contribution is 1.98. The lowest BCUT2D eigenvalue weighted by atomic mass is 10.2. The van der Waals surface area contributed by atoms with Gasteiger partial charge >= 0.3 is 0 Å². The molecule has 0 aromatic rings. The summed E-state index contributed by atoms with van der Waals surface area (Å²) in [7, 11) is 3.70. The Hall–Kier alpha value is -0.120. The number of rotatable bonds is 9. The maximum absolute atomic E-state index is 5.39. The molecule has 0 fully saturated rings. The summed E-state index contributed by atoms with van der Waals surface area (Å²) in [6.07, 6.45) is 3.33. The van der Waals surface area contributed by atoms with E-state index in [-0.39, 0.29) is 0 Å². The van der Waals surface area contributed by atoms with Crippen LogP contribution in [0.25, 0.3) is 0 Å². The second-order valence-electron chi connectivity index (χ2n) is 3.20. The number of likely N-dealkylation sites (N-methyl/N-ethyl adjacent to an activating group) is 1. The van der Waals surface area contributed by atoms with E-state index in [0.29, 0.717) is 6.04 Å². The zero-order chi connectivity index (χ0) is 9.94. The third-order valence-electron chi connectivity index (χ3n) is 1.97. The SMILES string of the molecule is CCCOCCCC(COC)NC. The quantitative estimate of drug-likeness (QED) is 0.557. The fourth-order valence-electron chi connectivity index (χ4n) is 1.19. The lowest BCUT2D eigenvalue weighted by molar-refractivity contribution is 0.120. The standard InChI is InChI=1S/C10H23NO2/c1-4-7-13-8-5-6-10(11-2)9-12-3/h10-11H,4-9H2,1-3H3. The fourth-order valence-corrected chi connectivity index (χ4v) is 1.19.